The van der Waals surface area contributed by atoms with Gasteiger partial charge in [-0.3, -0.25) is 4.79 Å². The van der Waals surface area contributed by atoms with E-state index in [1.54, 1.807) is 0 Å². The van der Waals surface area contributed by atoms with E-state index in [2.05, 4.69) is 4.74 Å². The summed E-state index contributed by atoms with van der Waals surface area (Å²) in [6.45, 7) is 1.53. The summed E-state index contributed by atoms with van der Waals surface area (Å²) >= 11 is 0. The Hall–Kier alpha value is -1.20. The van der Waals surface area contributed by atoms with E-state index in [-0.39, 0.29) is 6.79 Å². The van der Waals surface area contributed by atoms with E-state index in [1.165, 1.54) is 14.0 Å². The second-order valence-corrected chi connectivity index (χ2v) is 2.29. The van der Waals surface area contributed by atoms with E-state index in [0.29, 0.717) is 0 Å². The van der Waals surface area contributed by atoms with E-state index in [0.717, 1.165) is 12.2 Å². The van der Waals surface area contributed by atoms with Crippen molar-refractivity contribution >= 4 is 11.8 Å². The summed E-state index contributed by atoms with van der Waals surface area (Å²) in [6, 6.07) is 0. The third kappa shape index (κ3) is 6.01. The molecule has 0 aromatic heterocycles. The molecule has 0 fully saturated rings. The lowest BCUT2D eigenvalue weighted by molar-refractivity contribution is -0.134. The van der Waals surface area contributed by atoms with Gasteiger partial charge in [0, 0.05) is 13.2 Å². The predicted molar refractivity (Wildman–Crippen MR) is 44.2 cm³/mol. The fourth-order valence-corrected chi connectivity index (χ4v) is 0.541. The van der Waals surface area contributed by atoms with Crippen LogP contribution in [0.15, 0.2) is 12.2 Å². The Balaban J connectivity index is 3.89. The third-order valence-corrected chi connectivity index (χ3v) is 1.23. The Morgan fingerprint density at radius 1 is 1.46 bits per heavy atom. The zero-order valence-corrected chi connectivity index (χ0v) is 7.52. The highest BCUT2D eigenvalue weighted by atomic mass is 16.7. The van der Waals surface area contributed by atoms with Crippen LogP contribution in [0.1, 0.15) is 6.92 Å². The molecule has 1 atom stereocenters. The van der Waals surface area contributed by atoms with Crippen molar-refractivity contribution in [3.05, 3.63) is 12.2 Å². The number of carboxylic acid groups (broad SMARTS) is 1. The molecule has 0 aliphatic carbocycles. The maximum Gasteiger partial charge on any atom is 0.328 e. The summed E-state index contributed by atoms with van der Waals surface area (Å²) < 4.78 is 9.44. The molecule has 13 heavy (non-hydrogen) atoms. The summed E-state index contributed by atoms with van der Waals surface area (Å²) in [5, 5.41) is 8.22. The molecule has 0 spiro atoms. The van der Waals surface area contributed by atoms with Gasteiger partial charge in [0.15, 0.2) is 5.78 Å². The lowest BCUT2D eigenvalue weighted by Gasteiger charge is -2.07. The summed E-state index contributed by atoms with van der Waals surface area (Å²) in [5.74, 6) is -1.56. The molecule has 0 aromatic carbocycles. The summed E-state index contributed by atoms with van der Waals surface area (Å²) in [5.41, 5.74) is 0. The van der Waals surface area contributed by atoms with Crippen LogP contribution >= 0.6 is 0 Å². The molecule has 0 rings (SSSR count). The van der Waals surface area contributed by atoms with Crippen LogP contribution in [0.25, 0.3) is 0 Å². The number of aliphatic carboxylic acids is 1. The van der Waals surface area contributed by atoms with Gasteiger partial charge in [0.25, 0.3) is 0 Å². The Labute approximate surface area is 75.9 Å². The van der Waals surface area contributed by atoms with Gasteiger partial charge in [-0.1, -0.05) is 0 Å². The Kier molecular flexibility index (Phi) is 5.75. The molecular formula is C8H12O5. The summed E-state index contributed by atoms with van der Waals surface area (Å²) in [6.07, 6.45) is 1.05. The predicted octanol–water partition coefficient (Wildman–Crippen LogP) is 0.205. The van der Waals surface area contributed by atoms with Crippen molar-refractivity contribution in [2.45, 2.75) is 13.0 Å². The SMILES string of the molecule is COCOC(C)C(=O)/C=C/C(=O)O. The van der Waals surface area contributed by atoms with E-state index in [4.69, 9.17) is 9.84 Å². The minimum absolute atomic E-state index is 0.00776. The Morgan fingerprint density at radius 2 is 2.08 bits per heavy atom. The Morgan fingerprint density at radius 3 is 2.54 bits per heavy atom. The van der Waals surface area contributed by atoms with Crippen molar-refractivity contribution in [1.29, 1.82) is 0 Å². The van der Waals surface area contributed by atoms with Gasteiger partial charge in [-0.15, -0.1) is 0 Å². The average Bonchev–Trinajstić information content (AvgIpc) is 2.10. The smallest absolute Gasteiger partial charge is 0.328 e. The van der Waals surface area contributed by atoms with Crippen molar-refractivity contribution in [3.8, 4) is 0 Å². The third-order valence-electron chi connectivity index (χ3n) is 1.23. The molecule has 5 nitrogen and oxygen atoms in total. The van der Waals surface area contributed by atoms with Crippen LogP contribution in [-0.4, -0.2) is 36.9 Å². The van der Waals surface area contributed by atoms with Crippen molar-refractivity contribution in [2.75, 3.05) is 13.9 Å². The van der Waals surface area contributed by atoms with Crippen molar-refractivity contribution in [2.24, 2.45) is 0 Å². The van der Waals surface area contributed by atoms with Gasteiger partial charge in [0.2, 0.25) is 0 Å². The molecule has 1 N–H and O–H groups in total. The van der Waals surface area contributed by atoms with Gasteiger partial charge in [-0.2, -0.15) is 0 Å². The van der Waals surface area contributed by atoms with Crippen LogP contribution in [-0.2, 0) is 19.1 Å². The summed E-state index contributed by atoms with van der Waals surface area (Å²) in [4.78, 5) is 21.1. The molecule has 74 valence electrons. The number of ketones is 1. The number of carboxylic acids is 1. The lowest BCUT2D eigenvalue weighted by Crippen LogP contribution is -2.19. The van der Waals surface area contributed by atoms with Crippen LogP contribution in [0.5, 0.6) is 0 Å². The topological polar surface area (TPSA) is 72.8 Å². The maximum atomic E-state index is 11.0. The highest BCUT2D eigenvalue weighted by molar-refractivity contribution is 5.97. The molecule has 0 aliphatic rings. The van der Waals surface area contributed by atoms with Crippen molar-refractivity contribution < 1.29 is 24.2 Å². The molecule has 5 heteroatoms. The number of methoxy groups -OCH3 is 1. The highest BCUT2D eigenvalue weighted by Gasteiger charge is 2.09. The van der Waals surface area contributed by atoms with Crippen LogP contribution in [0.3, 0.4) is 0 Å². The summed E-state index contributed by atoms with van der Waals surface area (Å²) in [7, 11) is 1.43. The van der Waals surface area contributed by atoms with Crippen LogP contribution in [0.4, 0.5) is 0 Å². The standard InChI is InChI=1S/C8H12O5/c1-6(13-5-12-2)7(9)3-4-8(10)11/h3-4,6H,5H2,1-2H3,(H,10,11)/b4-3+. The largest absolute Gasteiger partial charge is 0.478 e. The van der Waals surface area contributed by atoms with Crippen LogP contribution in [0, 0.1) is 0 Å². The van der Waals surface area contributed by atoms with Crippen LogP contribution in [0.2, 0.25) is 0 Å². The highest BCUT2D eigenvalue weighted by Crippen LogP contribution is 1.94. The molecule has 0 amide bonds. The average molecular weight is 188 g/mol. The maximum absolute atomic E-state index is 11.0. The number of carbonyl (C=O) groups is 2. The fourth-order valence-electron chi connectivity index (χ4n) is 0.541. The van der Waals surface area contributed by atoms with Gasteiger partial charge in [-0.05, 0) is 13.0 Å². The first-order chi connectivity index (χ1) is 6.07. The normalized spacial score (nSPS) is 13.1. The van der Waals surface area contributed by atoms with Gasteiger partial charge in [0.05, 0.1) is 0 Å². The van der Waals surface area contributed by atoms with E-state index >= 15 is 0 Å². The second kappa shape index (κ2) is 6.33. The lowest BCUT2D eigenvalue weighted by atomic mass is 10.2. The van der Waals surface area contributed by atoms with Crippen molar-refractivity contribution in [1.82, 2.24) is 0 Å². The van der Waals surface area contributed by atoms with E-state index in [9.17, 15) is 9.59 Å². The second-order valence-electron chi connectivity index (χ2n) is 2.29. The zero-order valence-electron chi connectivity index (χ0n) is 7.52. The minimum Gasteiger partial charge on any atom is -0.478 e. The molecule has 0 saturated heterocycles. The molecule has 0 aromatic rings. The van der Waals surface area contributed by atoms with Gasteiger partial charge >= 0.3 is 5.97 Å². The number of carbonyl (C=O) groups excluding carboxylic acids is 1. The number of hydrogen-bond donors (Lipinski definition) is 1. The molecular weight excluding hydrogens is 176 g/mol. The molecule has 0 saturated carbocycles. The van der Waals surface area contributed by atoms with Crippen molar-refractivity contribution in [3.63, 3.8) is 0 Å². The minimum atomic E-state index is -1.16. The van der Waals surface area contributed by atoms with E-state index in [1.807, 2.05) is 0 Å². The van der Waals surface area contributed by atoms with Crippen LogP contribution < -0.4 is 0 Å². The van der Waals surface area contributed by atoms with Gasteiger partial charge in [0.1, 0.15) is 12.9 Å². The van der Waals surface area contributed by atoms with Gasteiger partial charge < -0.3 is 14.6 Å². The van der Waals surface area contributed by atoms with E-state index < -0.39 is 17.9 Å². The number of rotatable bonds is 6. The molecule has 0 radical (unpaired) electrons. The molecule has 1 unspecified atom stereocenters. The number of hydrogen-bond acceptors (Lipinski definition) is 4. The monoisotopic (exact) mass is 188 g/mol. The quantitative estimate of drug-likeness (QED) is 0.476. The first-order valence-corrected chi connectivity index (χ1v) is 3.63. The number of ether oxygens (including phenoxy) is 2. The molecule has 0 heterocycles. The van der Waals surface area contributed by atoms with Gasteiger partial charge in [-0.25, -0.2) is 4.79 Å². The molecule has 0 bridgehead atoms. The first kappa shape index (κ1) is 11.8. The Bertz CT molecular complexity index is 209. The first-order valence-electron chi connectivity index (χ1n) is 3.63. The zero-order chi connectivity index (χ0) is 10.3. The molecule has 0 aliphatic heterocycles. The fraction of sp³-hybridized carbons (Fsp3) is 0.500.